The predicted octanol–water partition coefficient (Wildman–Crippen LogP) is 3.10. The number of allylic oxidation sites excluding steroid dienone is 1. The number of carbonyl (C=O) groups is 1. The van der Waals surface area contributed by atoms with Gasteiger partial charge in [0.15, 0.2) is 0 Å². The van der Waals surface area contributed by atoms with E-state index in [1.54, 1.807) is 26.0 Å². The number of rotatable bonds is 5. The van der Waals surface area contributed by atoms with Gasteiger partial charge in [0.2, 0.25) is 0 Å². The molecule has 0 spiro atoms. The minimum Gasteiger partial charge on any atom is -0.508 e. The van der Waals surface area contributed by atoms with Crippen molar-refractivity contribution in [3.05, 3.63) is 93.3 Å². The molecule has 0 fully saturated rings. The van der Waals surface area contributed by atoms with Crippen LogP contribution in [0.25, 0.3) is 11.3 Å². The normalized spacial score (nSPS) is 10.7. The van der Waals surface area contributed by atoms with E-state index >= 15 is 0 Å². The van der Waals surface area contributed by atoms with Crippen LogP contribution in [0.2, 0.25) is 0 Å². The quantitative estimate of drug-likeness (QED) is 0.622. The van der Waals surface area contributed by atoms with Crippen LogP contribution in [0.4, 0.5) is 5.82 Å². The first-order valence-corrected chi connectivity index (χ1v) is 9.09. The Morgan fingerprint density at radius 1 is 1.10 bits per heavy atom. The van der Waals surface area contributed by atoms with E-state index in [-0.39, 0.29) is 22.7 Å². The van der Waals surface area contributed by atoms with Crippen molar-refractivity contribution >= 4 is 17.3 Å². The Hall–Kier alpha value is -3.80. The number of hydrogen-bond donors (Lipinski definition) is 3. The zero-order valence-electron chi connectivity index (χ0n) is 16.4. The van der Waals surface area contributed by atoms with E-state index < -0.39 is 11.5 Å². The molecule has 1 heterocycles. The van der Waals surface area contributed by atoms with Crippen molar-refractivity contribution < 1.29 is 9.90 Å². The van der Waals surface area contributed by atoms with Gasteiger partial charge in [0, 0.05) is 11.1 Å². The SMILES string of the molecule is C=C(Cc1ccccc1)c1cc(C(N)=O)c(N)n(-c2c(C)ccc(O)c2C)c1=O. The fourth-order valence-corrected chi connectivity index (χ4v) is 3.41. The summed E-state index contributed by atoms with van der Waals surface area (Å²) in [4.78, 5) is 25.4. The molecule has 29 heavy (non-hydrogen) atoms. The molecule has 6 heteroatoms. The highest BCUT2D eigenvalue weighted by Crippen LogP contribution is 2.29. The summed E-state index contributed by atoms with van der Waals surface area (Å²) in [5.41, 5.74) is 14.7. The van der Waals surface area contributed by atoms with Gasteiger partial charge in [-0.15, -0.1) is 0 Å². The van der Waals surface area contributed by atoms with Crippen molar-refractivity contribution in [3.8, 4) is 11.4 Å². The van der Waals surface area contributed by atoms with E-state index in [4.69, 9.17) is 11.5 Å². The van der Waals surface area contributed by atoms with Gasteiger partial charge < -0.3 is 16.6 Å². The lowest BCUT2D eigenvalue weighted by Crippen LogP contribution is -2.29. The lowest BCUT2D eigenvalue weighted by atomic mass is 9.98. The van der Waals surface area contributed by atoms with Crippen molar-refractivity contribution in [1.82, 2.24) is 4.57 Å². The van der Waals surface area contributed by atoms with Crippen LogP contribution in [-0.4, -0.2) is 15.6 Å². The molecule has 0 unspecified atom stereocenters. The first kappa shape index (κ1) is 19.9. The number of carbonyl (C=O) groups excluding carboxylic acids is 1. The average Bonchev–Trinajstić information content (AvgIpc) is 2.68. The summed E-state index contributed by atoms with van der Waals surface area (Å²) < 4.78 is 1.23. The number of phenolic OH excluding ortho intramolecular Hbond substituents is 1. The second-order valence-corrected chi connectivity index (χ2v) is 7.00. The third kappa shape index (κ3) is 3.65. The van der Waals surface area contributed by atoms with Gasteiger partial charge in [-0.1, -0.05) is 43.0 Å². The predicted molar refractivity (Wildman–Crippen MR) is 115 cm³/mol. The van der Waals surface area contributed by atoms with Gasteiger partial charge in [-0.2, -0.15) is 0 Å². The van der Waals surface area contributed by atoms with E-state index in [0.717, 1.165) is 11.1 Å². The van der Waals surface area contributed by atoms with Crippen LogP contribution in [-0.2, 0) is 6.42 Å². The maximum Gasteiger partial charge on any atom is 0.264 e. The van der Waals surface area contributed by atoms with Crippen molar-refractivity contribution in [2.75, 3.05) is 5.73 Å². The largest absolute Gasteiger partial charge is 0.508 e. The number of amides is 1. The second kappa shape index (κ2) is 7.67. The number of nitrogens with zero attached hydrogens (tertiary/aromatic N) is 1. The van der Waals surface area contributed by atoms with Gasteiger partial charge in [0.25, 0.3) is 11.5 Å². The van der Waals surface area contributed by atoms with Crippen LogP contribution in [0, 0.1) is 13.8 Å². The first-order valence-electron chi connectivity index (χ1n) is 9.09. The number of aromatic hydroxyl groups is 1. The summed E-state index contributed by atoms with van der Waals surface area (Å²) in [6.07, 6.45) is 0.427. The van der Waals surface area contributed by atoms with Crippen molar-refractivity contribution in [2.45, 2.75) is 20.3 Å². The van der Waals surface area contributed by atoms with E-state index in [1.165, 1.54) is 10.6 Å². The molecule has 2 aromatic carbocycles. The van der Waals surface area contributed by atoms with Gasteiger partial charge >= 0.3 is 0 Å². The number of aryl methyl sites for hydroxylation is 1. The highest BCUT2D eigenvalue weighted by atomic mass is 16.3. The van der Waals surface area contributed by atoms with Gasteiger partial charge in [-0.25, -0.2) is 0 Å². The van der Waals surface area contributed by atoms with E-state index in [0.29, 0.717) is 23.2 Å². The van der Waals surface area contributed by atoms with Gasteiger partial charge in [-0.3, -0.25) is 14.2 Å². The maximum absolute atomic E-state index is 13.4. The molecule has 0 radical (unpaired) electrons. The minimum absolute atomic E-state index is 0.0195. The fraction of sp³-hybridized carbons (Fsp3) is 0.130. The number of phenols is 1. The molecule has 3 aromatic rings. The summed E-state index contributed by atoms with van der Waals surface area (Å²) in [6, 6.07) is 14.2. The Morgan fingerprint density at radius 3 is 2.38 bits per heavy atom. The molecule has 3 rings (SSSR count). The van der Waals surface area contributed by atoms with E-state index in [1.807, 2.05) is 30.3 Å². The minimum atomic E-state index is -0.750. The van der Waals surface area contributed by atoms with Crippen LogP contribution in [0.3, 0.4) is 0 Å². The third-order valence-corrected chi connectivity index (χ3v) is 4.97. The number of benzene rings is 2. The highest BCUT2D eigenvalue weighted by Gasteiger charge is 2.21. The molecule has 148 valence electrons. The standard InChI is InChI=1S/C23H23N3O3/c1-13-9-10-19(27)15(3)20(13)26-21(24)18(22(25)28)12-17(23(26)29)14(2)11-16-7-5-4-6-8-16/h4-10,12,27H,2,11,24H2,1,3H3,(H2,25,28). The molecular formula is C23H23N3O3. The van der Waals surface area contributed by atoms with Crippen molar-refractivity contribution in [3.63, 3.8) is 0 Å². The lowest BCUT2D eigenvalue weighted by Gasteiger charge is -2.19. The molecule has 1 aromatic heterocycles. The van der Waals surface area contributed by atoms with Gasteiger partial charge in [0.05, 0.1) is 11.3 Å². The zero-order chi connectivity index (χ0) is 21.3. The average molecular weight is 389 g/mol. The topological polar surface area (TPSA) is 111 Å². The zero-order valence-corrected chi connectivity index (χ0v) is 16.4. The van der Waals surface area contributed by atoms with Gasteiger partial charge in [0.1, 0.15) is 11.6 Å². The monoisotopic (exact) mass is 389 g/mol. The Balaban J connectivity index is 2.28. The second-order valence-electron chi connectivity index (χ2n) is 7.00. The van der Waals surface area contributed by atoms with Crippen molar-refractivity contribution in [1.29, 1.82) is 0 Å². The highest BCUT2D eigenvalue weighted by molar-refractivity contribution is 5.98. The first-order chi connectivity index (χ1) is 13.7. The molecule has 0 aliphatic carbocycles. The van der Waals surface area contributed by atoms with Crippen LogP contribution in [0.1, 0.15) is 32.6 Å². The number of primary amides is 1. The molecular weight excluding hydrogens is 366 g/mol. The molecule has 0 aliphatic rings. The fourth-order valence-electron chi connectivity index (χ4n) is 3.41. The number of aromatic nitrogens is 1. The number of nitrogens with two attached hydrogens (primary N) is 2. The molecule has 0 bridgehead atoms. The Bertz CT molecular complexity index is 1180. The molecule has 5 N–H and O–H groups in total. The number of hydrogen-bond acceptors (Lipinski definition) is 4. The van der Waals surface area contributed by atoms with Crippen LogP contribution in [0.15, 0.2) is 59.9 Å². The lowest BCUT2D eigenvalue weighted by molar-refractivity contribution is 0.100. The summed E-state index contributed by atoms with van der Waals surface area (Å²) in [7, 11) is 0. The Morgan fingerprint density at radius 2 is 1.76 bits per heavy atom. The number of pyridine rings is 1. The van der Waals surface area contributed by atoms with Gasteiger partial charge in [-0.05, 0) is 49.1 Å². The Kier molecular flexibility index (Phi) is 5.28. The van der Waals surface area contributed by atoms with Crippen molar-refractivity contribution in [2.24, 2.45) is 5.73 Å². The molecule has 0 saturated carbocycles. The summed E-state index contributed by atoms with van der Waals surface area (Å²) >= 11 is 0. The number of anilines is 1. The van der Waals surface area contributed by atoms with E-state index in [9.17, 15) is 14.7 Å². The van der Waals surface area contributed by atoms with Crippen LogP contribution in [0.5, 0.6) is 5.75 Å². The third-order valence-electron chi connectivity index (χ3n) is 4.97. The molecule has 0 saturated heterocycles. The van der Waals surface area contributed by atoms with Crippen LogP contribution >= 0.6 is 0 Å². The van der Waals surface area contributed by atoms with E-state index in [2.05, 4.69) is 6.58 Å². The summed E-state index contributed by atoms with van der Waals surface area (Å²) in [5.74, 6) is -0.804. The Labute approximate surface area is 168 Å². The molecule has 6 nitrogen and oxygen atoms in total. The summed E-state index contributed by atoms with van der Waals surface area (Å²) in [6.45, 7) is 7.53. The molecule has 0 atom stereocenters. The summed E-state index contributed by atoms with van der Waals surface area (Å²) in [5, 5.41) is 10.2. The van der Waals surface area contributed by atoms with Crippen LogP contribution < -0.4 is 17.0 Å². The molecule has 0 aliphatic heterocycles. The number of nitrogen functional groups attached to an aromatic ring is 1. The maximum atomic E-state index is 13.4. The molecule has 1 amide bonds. The smallest absolute Gasteiger partial charge is 0.264 e.